The monoisotopic (exact) mass is 346 g/mol. The number of rotatable bonds is 6. The van der Waals surface area contributed by atoms with Gasteiger partial charge in [-0.3, -0.25) is 4.79 Å². The van der Waals surface area contributed by atoms with Crippen molar-refractivity contribution >= 4 is 35.3 Å². The van der Waals surface area contributed by atoms with Crippen molar-refractivity contribution in [1.29, 1.82) is 0 Å². The molecule has 0 saturated carbocycles. The van der Waals surface area contributed by atoms with Crippen LogP contribution in [0.4, 0.5) is 17.6 Å². The van der Waals surface area contributed by atoms with E-state index >= 15 is 0 Å². The minimum atomic E-state index is -0.0523. The maximum absolute atomic E-state index is 12.1. The van der Waals surface area contributed by atoms with E-state index in [9.17, 15) is 4.79 Å². The highest BCUT2D eigenvalue weighted by Gasteiger charge is 2.09. The summed E-state index contributed by atoms with van der Waals surface area (Å²) in [6, 6.07) is 5.98. The largest absolute Gasteiger partial charge is 0.368 e. The molecule has 3 N–H and O–H groups in total. The summed E-state index contributed by atoms with van der Waals surface area (Å²) in [5, 5.41) is 2.93. The van der Waals surface area contributed by atoms with Gasteiger partial charge in [0.15, 0.2) is 0 Å². The predicted molar refractivity (Wildman–Crippen MR) is 99.3 cm³/mol. The molecule has 1 aromatic heterocycles. The summed E-state index contributed by atoms with van der Waals surface area (Å²) >= 11 is 1.43. The molecule has 24 heavy (non-hydrogen) atoms. The van der Waals surface area contributed by atoms with Crippen LogP contribution in [0.15, 0.2) is 18.2 Å². The summed E-state index contributed by atoms with van der Waals surface area (Å²) in [6.07, 6.45) is 0. The molecule has 0 aliphatic rings. The predicted octanol–water partition coefficient (Wildman–Crippen LogP) is 2.01. The van der Waals surface area contributed by atoms with Crippen LogP contribution in [0.3, 0.4) is 0 Å². The van der Waals surface area contributed by atoms with Gasteiger partial charge in [0, 0.05) is 19.8 Å². The number of benzene rings is 1. The van der Waals surface area contributed by atoms with E-state index in [-0.39, 0.29) is 11.9 Å². The number of hydrogen-bond donors (Lipinski definition) is 2. The molecule has 1 aromatic carbocycles. The van der Waals surface area contributed by atoms with Crippen LogP contribution >= 0.6 is 11.8 Å². The molecule has 0 saturated heterocycles. The van der Waals surface area contributed by atoms with Crippen LogP contribution in [-0.2, 0) is 10.5 Å². The number of carbonyl (C=O) groups excluding carboxylic acids is 1. The average molecular weight is 346 g/mol. The Morgan fingerprint density at radius 1 is 1.25 bits per heavy atom. The standard InChI is InChI=1S/C16H22N6OS/c1-10-5-6-11(2)12(7-10)18-14(23)9-24-8-13-19-15(17)21-16(20-13)22(3)4/h5-7H,8-9H2,1-4H3,(H,18,23)(H2,17,19,20,21). The van der Waals surface area contributed by atoms with Gasteiger partial charge in [0.05, 0.1) is 11.5 Å². The van der Waals surface area contributed by atoms with Crippen LogP contribution in [0.2, 0.25) is 0 Å². The van der Waals surface area contributed by atoms with Crippen molar-refractivity contribution in [1.82, 2.24) is 15.0 Å². The van der Waals surface area contributed by atoms with Gasteiger partial charge in [-0.05, 0) is 31.0 Å². The van der Waals surface area contributed by atoms with Crippen LogP contribution in [0, 0.1) is 13.8 Å². The van der Waals surface area contributed by atoms with Crippen molar-refractivity contribution < 1.29 is 4.79 Å². The molecule has 0 aliphatic heterocycles. The van der Waals surface area contributed by atoms with E-state index < -0.39 is 0 Å². The minimum absolute atomic E-state index is 0.0523. The van der Waals surface area contributed by atoms with Gasteiger partial charge >= 0.3 is 0 Å². The van der Waals surface area contributed by atoms with Gasteiger partial charge in [-0.15, -0.1) is 11.8 Å². The number of aromatic nitrogens is 3. The molecule has 8 heteroatoms. The molecule has 0 radical (unpaired) electrons. The Morgan fingerprint density at radius 3 is 2.71 bits per heavy atom. The van der Waals surface area contributed by atoms with Crippen LogP contribution < -0.4 is 16.0 Å². The van der Waals surface area contributed by atoms with Crippen LogP contribution in [0.1, 0.15) is 17.0 Å². The van der Waals surface area contributed by atoms with E-state index in [4.69, 9.17) is 5.73 Å². The number of thioether (sulfide) groups is 1. The lowest BCUT2D eigenvalue weighted by Gasteiger charge is -2.11. The Kier molecular flexibility index (Phi) is 5.97. The van der Waals surface area contributed by atoms with Crippen LogP contribution in [-0.4, -0.2) is 40.7 Å². The number of nitrogens with one attached hydrogen (secondary N) is 1. The molecule has 0 spiro atoms. The fraction of sp³-hybridized carbons (Fsp3) is 0.375. The third kappa shape index (κ3) is 5.09. The van der Waals surface area contributed by atoms with E-state index in [1.807, 2.05) is 46.1 Å². The van der Waals surface area contributed by atoms with Crippen molar-refractivity contribution in [2.24, 2.45) is 0 Å². The third-order valence-corrected chi connectivity index (χ3v) is 4.15. The van der Waals surface area contributed by atoms with Crippen LogP contribution in [0.25, 0.3) is 0 Å². The van der Waals surface area contributed by atoms with E-state index in [0.29, 0.717) is 23.3 Å². The first-order chi connectivity index (χ1) is 11.3. The number of nitrogens with two attached hydrogens (primary N) is 1. The van der Waals surface area contributed by atoms with E-state index in [1.165, 1.54) is 11.8 Å². The van der Waals surface area contributed by atoms with Gasteiger partial charge in [-0.2, -0.15) is 15.0 Å². The van der Waals surface area contributed by atoms with Gasteiger partial charge in [0.25, 0.3) is 0 Å². The number of nitrogen functional groups attached to an aromatic ring is 1. The summed E-state index contributed by atoms with van der Waals surface area (Å²) in [5.41, 5.74) is 8.68. The smallest absolute Gasteiger partial charge is 0.234 e. The molecule has 2 rings (SSSR count). The normalized spacial score (nSPS) is 10.5. The molecule has 128 valence electrons. The van der Waals surface area contributed by atoms with Gasteiger partial charge in [-0.1, -0.05) is 12.1 Å². The Hall–Kier alpha value is -2.35. The molecule has 0 unspecified atom stereocenters. The van der Waals surface area contributed by atoms with Gasteiger partial charge in [-0.25, -0.2) is 0 Å². The summed E-state index contributed by atoms with van der Waals surface area (Å²) < 4.78 is 0. The Balaban J connectivity index is 1.90. The van der Waals surface area contributed by atoms with Crippen molar-refractivity contribution in [3.8, 4) is 0 Å². The zero-order valence-electron chi connectivity index (χ0n) is 14.3. The van der Waals surface area contributed by atoms with E-state index in [2.05, 4.69) is 20.3 Å². The molecule has 0 fully saturated rings. The highest BCUT2D eigenvalue weighted by molar-refractivity contribution is 7.99. The molecule has 1 heterocycles. The number of carbonyl (C=O) groups is 1. The second-order valence-corrected chi connectivity index (χ2v) is 6.65. The van der Waals surface area contributed by atoms with Crippen molar-refractivity contribution in [2.75, 3.05) is 35.8 Å². The molecule has 1 amide bonds. The number of nitrogens with zero attached hydrogens (tertiary/aromatic N) is 4. The third-order valence-electron chi connectivity index (χ3n) is 3.22. The van der Waals surface area contributed by atoms with Crippen molar-refractivity contribution in [2.45, 2.75) is 19.6 Å². The lowest BCUT2D eigenvalue weighted by molar-refractivity contribution is -0.113. The van der Waals surface area contributed by atoms with Crippen molar-refractivity contribution in [3.05, 3.63) is 35.2 Å². The number of amides is 1. The Bertz CT molecular complexity index is 735. The van der Waals surface area contributed by atoms with E-state index in [0.717, 1.165) is 16.8 Å². The lowest BCUT2D eigenvalue weighted by Crippen LogP contribution is -2.17. The molecule has 2 aromatic rings. The molecular formula is C16H22N6OS. The first-order valence-corrected chi connectivity index (χ1v) is 8.63. The SMILES string of the molecule is Cc1ccc(C)c(NC(=O)CSCc2nc(N)nc(N(C)C)n2)c1. The molecule has 0 bridgehead atoms. The van der Waals surface area contributed by atoms with Gasteiger partial charge in [0.2, 0.25) is 17.8 Å². The number of hydrogen-bond acceptors (Lipinski definition) is 7. The average Bonchev–Trinajstić information content (AvgIpc) is 2.50. The minimum Gasteiger partial charge on any atom is -0.368 e. The lowest BCUT2D eigenvalue weighted by atomic mass is 10.1. The fourth-order valence-electron chi connectivity index (χ4n) is 1.98. The highest BCUT2D eigenvalue weighted by atomic mass is 32.2. The van der Waals surface area contributed by atoms with Gasteiger partial charge < -0.3 is 16.0 Å². The molecular weight excluding hydrogens is 324 g/mol. The maximum Gasteiger partial charge on any atom is 0.234 e. The van der Waals surface area contributed by atoms with Gasteiger partial charge in [0.1, 0.15) is 5.82 Å². The summed E-state index contributed by atoms with van der Waals surface area (Å²) in [6.45, 7) is 3.97. The fourth-order valence-corrected chi connectivity index (χ4v) is 2.65. The van der Waals surface area contributed by atoms with E-state index in [1.54, 1.807) is 4.90 Å². The first kappa shape index (κ1) is 18.0. The summed E-state index contributed by atoms with van der Waals surface area (Å²) in [4.78, 5) is 26.3. The zero-order chi connectivity index (χ0) is 17.7. The van der Waals surface area contributed by atoms with Crippen molar-refractivity contribution in [3.63, 3.8) is 0 Å². The first-order valence-electron chi connectivity index (χ1n) is 7.47. The summed E-state index contributed by atoms with van der Waals surface area (Å²) in [5.74, 6) is 2.02. The Morgan fingerprint density at radius 2 is 2.00 bits per heavy atom. The Labute approximate surface area is 146 Å². The maximum atomic E-state index is 12.1. The second kappa shape index (κ2) is 7.96. The summed E-state index contributed by atoms with van der Waals surface area (Å²) in [7, 11) is 3.67. The molecule has 0 atom stereocenters. The topological polar surface area (TPSA) is 97.0 Å². The highest BCUT2D eigenvalue weighted by Crippen LogP contribution is 2.17. The number of aryl methyl sites for hydroxylation is 2. The zero-order valence-corrected chi connectivity index (χ0v) is 15.1. The second-order valence-electron chi connectivity index (χ2n) is 5.66. The van der Waals surface area contributed by atoms with Crippen LogP contribution in [0.5, 0.6) is 0 Å². The number of anilines is 3. The molecule has 7 nitrogen and oxygen atoms in total. The quantitative estimate of drug-likeness (QED) is 0.825. The molecule has 0 aliphatic carbocycles.